The van der Waals surface area contributed by atoms with Crippen LogP contribution in [0.1, 0.15) is 18.1 Å². The SMILES string of the molecule is CNc1ccc(Cl)cc1/C(C)=N\Nc1ccc(C)cc1. The van der Waals surface area contributed by atoms with Crippen molar-refractivity contribution in [3.8, 4) is 0 Å². The number of aryl methyl sites for hydroxylation is 1. The maximum absolute atomic E-state index is 6.05. The summed E-state index contributed by atoms with van der Waals surface area (Å²) in [6, 6.07) is 13.8. The summed E-state index contributed by atoms with van der Waals surface area (Å²) < 4.78 is 0. The van der Waals surface area contributed by atoms with Gasteiger partial charge in [-0.3, -0.25) is 5.43 Å². The van der Waals surface area contributed by atoms with Gasteiger partial charge in [-0.1, -0.05) is 29.3 Å². The zero-order valence-electron chi connectivity index (χ0n) is 11.9. The summed E-state index contributed by atoms with van der Waals surface area (Å²) in [7, 11) is 1.88. The molecule has 104 valence electrons. The van der Waals surface area contributed by atoms with E-state index in [9.17, 15) is 0 Å². The first-order valence-corrected chi connectivity index (χ1v) is 6.82. The highest BCUT2D eigenvalue weighted by Gasteiger charge is 2.05. The van der Waals surface area contributed by atoms with Crippen molar-refractivity contribution < 1.29 is 0 Å². The number of hydrazone groups is 1. The van der Waals surface area contributed by atoms with E-state index in [-0.39, 0.29) is 0 Å². The van der Waals surface area contributed by atoms with Crippen LogP contribution in [-0.4, -0.2) is 12.8 Å². The Bertz CT molecular complexity index is 618. The minimum atomic E-state index is 0.698. The van der Waals surface area contributed by atoms with E-state index >= 15 is 0 Å². The molecule has 2 aromatic carbocycles. The van der Waals surface area contributed by atoms with E-state index < -0.39 is 0 Å². The van der Waals surface area contributed by atoms with Crippen LogP contribution < -0.4 is 10.7 Å². The summed E-state index contributed by atoms with van der Waals surface area (Å²) in [5.74, 6) is 0. The number of nitrogens with zero attached hydrogens (tertiary/aromatic N) is 1. The van der Waals surface area contributed by atoms with Crippen LogP contribution >= 0.6 is 11.6 Å². The van der Waals surface area contributed by atoms with Gasteiger partial charge in [-0.2, -0.15) is 5.10 Å². The summed E-state index contributed by atoms with van der Waals surface area (Å²) in [5, 5.41) is 8.25. The van der Waals surface area contributed by atoms with Gasteiger partial charge in [0.1, 0.15) is 0 Å². The van der Waals surface area contributed by atoms with E-state index in [4.69, 9.17) is 11.6 Å². The highest BCUT2D eigenvalue weighted by molar-refractivity contribution is 6.31. The van der Waals surface area contributed by atoms with Gasteiger partial charge in [-0.15, -0.1) is 0 Å². The van der Waals surface area contributed by atoms with Crippen LogP contribution in [0, 0.1) is 6.92 Å². The molecule has 0 bridgehead atoms. The third-order valence-electron chi connectivity index (χ3n) is 3.05. The van der Waals surface area contributed by atoms with E-state index in [1.807, 2.05) is 56.4 Å². The van der Waals surface area contributed by atoms with Gasteiger partial charge < -0.3 is 5.32 Å². The van der Waals surface area contributed by atoms with Crippen molar-refractivity contribution in [3.63, 3.8) is 0 Å². The summed E-state index contributed by atoms with van der Waals surface area (Å²) >= 11 is 6.05. The largest absolute Gasteiger partial charge is 0.388 e. The maximum atomic E-state index is 6.05. The van der Waals surface area contributed by atoms with Gasteiger partial charge in [-0.25, -0.2) is 0 Å². The molecule has 0 aliphatic heterocycles. The lowest BCUT2D eigenvalue weighted by atomic mass is 10.1. The lowest BCUT2D eigenvalue weighted by molar-refractivity contribution is 1.31. The van der Waals surface area contributed by atoms with Crippen LogP contribution in [0.2, 0.25) is 5.02 Å². The fourth-order valence-electron chi connectivity index (χ4n) is 1.87. The predicted molar refractivity (Wildman–Crippen MR) is 88.0 cm³/mol. The molecular weight excluding hydrogens is 270 g/mol. The summed E-state index contributed by atoms with van der Waals surface area (Å²) in [6.07, 6.45) is 0. The van der Waals surface area contributed by atoms with Crippen LogP contribution in [0.4, 0.5) is 11.4 Å². The molecule has 0 unspecified atom stereocenters. The highest BCUT2D eigenvalue weighted by Crippen LogP contribution is 2.21. The van der Waals surface area contributed by atoms with Crippen LogP contribution in [0.5, 0.6) is 0 Å². The van der Waals surface area contributed by atoms with Crippen LogP contribution in [0.3, 0.4) is 0 Å². The minimum Gasteiger partial charge on any atom is -0.388 e. The number of nitrogens with one attached hydrogen (secondary N) is 2. The molecule has 0 aromatic heterocycles. The number of halogens is 1. The molecule has 0 radical (unpaired) electrons. The van der Waals surface area contributed by atoms with Gasteiger partial charge in [0.15, 0.2) is 0 Å². The van der Waals surface area contributed by atoms with Crippen LogP contribution in [0.25, 0.3) is 0 Å². The van der Waals surface area contributed by atoms with E-state index in [1.54, 1.807) is 0 Å². The fraction of sp³-hybridized carbons (Fsp3) is 0.188. The summed E-state index contributed by atoms with van der Waals surface area (Å²) in [6.45, 7) is 4.01. The number of hydrogen-bond acceptors (Lipinski definition) is 3. The Labute approximate surface area is 124 Å². The standard InChI is InChI=1S/C16H18ClN3/c1-11-4-7-14(8-5-11)20-19-12(2)15-10-13(17)6-9-16(15)18-3/h4-10,18,20H,1-3H3/b19-12-. The monoisotopic (exact) mass is 287 g/mol. The molecule has 0 spiro atoms. The van der Waals surface area contributed by atoms with Crippen molar-refractivity contribution in [1.29, 1.82) is 0 Å². The summed E-state index contributed by atoms with van der Waals surface area (Å²) in [4.78, 5) is 0. The minimum absolute atomic E-state index is 0.698. The fourth-order valence-corrected chi connectivity index (χ4v) is 2.04. The van der Waals surface area contributed by atoms with Gasteiger partial charge in [-0.05, 0) is 44.2 Å². The quantitative estimate of drug-likeness (QED) is 0.640. The highest BCUT2D eigenvalue weighted by atomic mass is 35.5. The molecule has 2 aromatic rings. The Morgan fingerprint density at radius 2 is 1.80 bits per heavy atom. The molecule has 0 aliphatic carbocycles. The molecule has 0 saturated heterocycles. The van der Waals surface area contributed by atoms with Crippen LogP contribution in [0.15, 0.2) is 47.6 Å². The third kappa shape index (κ3) is 3.52. The Kier molecular flexibility index (Phi) is 4.64. The Balaban J connectivity index is 2.22. The van der Waals surface area contributed by atoms with E-state index in [0.29, 0.717) is 5.02 Å². The second-order valence-corrected chi connectivity index (χ2v) is 5.05. The van der Waals surface area contributed by atoms with Crippen molar-refractivity contribution in [2.75, 3.05) is 17.8 Å². The first-order chi connectivity index (χ1) is 9.60. The molecular formula is C16H18ClN3. The third-order valence-corrected chi connectivity index (χ3v) is 3.28. The first kappa shape index (κ1) is 14.4. The van der Waals surface area contributed by atoms with Gasteiger partial charge >= 0.3 is 0 Å². The lowest BCUT2D eigenvalue weighted by Gasteiger charge is -2.10. The number of anilines is 2. The predicted octanol–water partition coefficient (Wildman–Crippen LogP) is 4.53. The molecule has 3 nitrogen and oxygen atoms in total. The topological polar surface area (TPSA) is 36.4 Å². The molecule has 0 heterocycles. The number of benzene rings is 2. The molecule has 0 fully saturated rings. The molecule has 4 heteroatoms. The average Bonchev–Trinajstić information content (AvgIpc) is 2.46. The summed E-state index contributed by atoms with van der Waals surface area (Å²) in [5.41, 5.74) is 8.10. The average molecular weight is 288 g/mol. The smallest absolute Gasteiger partial charge is 0.0669 e. The Morgan fingerprint density at radius 3 is 2.45 bits per heavy atom. The van der Waals surface area contributed by atoms with Gasteiger partial charge in [0.05, 0.1) is 11.4 Å². The number of rotatable bonds is 4. The zero-order chi connectivity index (χ0) is 14.5. The maximum Gasteiger partial charge on any atom is 0.0669 e. The van der Waals surface area contributed by atoms with Crippen molar-refractivity contribution in [1.82, 2.24) is 0 Å². The molecule has 0 aliphatic rings. The van der Waals surface area contributed by atoms with Gasteiger partial charge in [0.25, 0.3) is 0 Å². The molecule has 2 N–H and O–H groups in total. The second kappa shape index (κ2) is 6.44. The van der Waals surface area contributed by atoms with Crippen molar-refractivity contribution >= 4 is 28.7 Å². The molecule has 0 saturated carbocycles. The van der Waals surface area contributed by atoms with E-state index in [2.05, 4.69) is 22.8 Å². The Morgan fingerprint density at radius 1 is 1.10 bits per heavy atom. The Hall–Kier alpha value is -2.00. The zero-order valence-corrected chi connectivity index (χ0v) is 12.6. The molecule has 20 heavy (non-hydrogen) atoms. The van der Waals surface area contributed by atoms with Crippen molar-refractivity contribution in [3.05, 3.63) is 58.6 Å². The van der Waals surface area contributed by atoms with Crippen LogP contribution in [-0.2, 0) is 0 Å². The van der Waals surface area contributed by atoms with E-state index in [0.717, 1.165) is 22.6 Å². The van der Waals surface area contributed by atoms with Gasteiger partial charge in [0, 0.05) is 23.3 Å². The lowest BCUT2D eigenvalue weighted by Crippen LogP contribution is -2.04. The first-order valence-electron chi connectivity index (χ1n) is 6.45. The molecule has 2 rings (SSSR count). The normalized spacial score (nSPS) is 11.3. The second-order valence-electron chi connectivity index (χ2n) is 4.61. The van der Waals surface area contributed by atoms with Crippen molar-refractivity contribution in [2.24, 2.45) is 5.10 Å². The molecule has 0 amide bonds. The number of hydrogen-bond donors (Lipinski definition) is 2. The van der Waals surface area contributed by atoms with E-state index in [1.165, 1.54) is 5.56 Å². The van der Waals surface area contributed by atoms with Crippen molar-refractivity contribution in [2.45, 2.75) is 13.8 Å². The van der Waals surface area contributed by atoms with Gasteiger partial charge in [0.2, 0.25) is 0 Å². The molecule has 0 atom stereocenters.